The van der Waals surface area contributed by atoms with Crippen LogP contribution in [0.5, 0.6) is 11.5 Å². The summed E-state index contributed by atoms with van der Waals surface area (Å²) in [6.45, 7) is 0.714. The van der Waals surface area contributed by atoms with Crippen molar-refractivity contribution < 1.29 is 19.1 Å². The fourth-order valence-corrected chi connectivity index (χ4v) is 5.07. The van der Waals surface area contributed by atoms with E-state index in [0.717, 1.165) is 23.2 Å². The third-order valence-electron chi connectivity index (χ3n) is 6.30. The highest BCUT2D eigenvalue weighted by Gasteiger charge is 2.22. The maximum atomic E-state index is 12.9. The Morgan fingerprint density at radius 2 is 1.50 bits per heavy atom. The molecule has 3 aromatic carbocycles. The number of anilines is 1. The first-order chi connectivity index (χ1) is 18.6. The summed E-state index contributed by atoms with van der Waals surface area (Å²) in [6.07, 6.45) is 1.43. The van der Waals surface area contributed by atoms with Crippen LogP contribution in [0.3, 0.4) is 0 Å². The number of para-hydroxylation sites is 2. The van der Waals surface area contributed by atoms with E-state index in [1.165, 1.54) is 11.8 Å². The molecule has 1 fully saturated rings. The first kappa shape index (κ1) is 25.4. The smallest absolute Gasteiger partial charge is 0.227 e. The number of thioether (sulfide) groups is 1. The summed E-state index contributed by atoms with van der Waals surface area (Å²) in [5, 5.41) is 9.20. The lowest BCUT2D eigenvalue weighted by atomic mass is 10.0. The van der Waals surface area contributed by atoms with E-state index < -0.39 is 0 Å². The Bertz CT molecular complexity index is 1480. The molecular weight excluding hydrogens is 500 g/mol. The standard InChI is InChI=1S/C29H26N4O4S/c1-36-24-10-5-3-8-21(24)27-28(22-9-4-6-11-25(22)37-2)31-32-29(30-27)38-18-23(34)19-13-15-20(16-14-19)33-17-7-12-26(33)35/h3-6,8-11,13-16H,7,12,17-18H2,1-2H3. The highest BCUT2D eigenvalue weighted by molar-refractivity contribution is 7.99. The highest BCUT2D eigenvalue weighted by atomic mass is 32.2. The summed E-state index contributed by atoms with van der Waals surface area (Å²) >= 11 is 1.22. The van der Waals surface area contributed by atoms with E-state index in [1.54, 1.807) is 31.3 Å². The molecule has 0 spiro atoms. The molecular formula is C29H26N4O4S. The number of hydrogen-bond acceptors (Lipinski definition) is 8. The van der Waals surface area contributed by atoms with Crippen LogP contribution in [-0.4, -0.2) is 53.4 Å². The van der Waals surface area contributed by atoms with Gasteiger partial charge in [-0.15, -0.1) is 10.2 Å². The average molecular weight is 527 g/mol. The second kappa shape index (κ2) is 11.4. The minimum absolute atomic E-state index is 0.0643. The molecule has 2 heterocycles. The Morgan fingerprint density at radius 1 is 0.868 bits per heavy atom. The molecule has 5 rings (SSSR count). The van der Waals surface area contributed by atoms with Gasteiger partial charge in [-0.05, 0) is 55.0 Å². The molecule has 0 unspecified atom stereocenters. The van der Waals surface area contributed by atoms with Gasteiger partial charge in [0.05, 0.1) is 20.0 Å². The fraction of sp³-hybridized carbons (Fsp3) is 0.207. The van der Waals surface area contributed by atoms with Crippen molar-refractivity contribution in [1.82, 2.24) is 15.2 Å². The van der Waals surface area contributed by atoms with E-state index in [0.29, 0.717) is 46.6 Å². The molecule has 1 amide bonds. The van der Waals surface area contributed by atoms with E-state index >= 15 is 0 Å². The number of methoxy groups -OCH3 is 2. The molecule has 0 radical (unpaired) electrons. The third-order valence-corrected chi connectivity index (χ3v) is 7.14. The molecule has 0 atom stereocenters. The maximum Gasteiger partial charge on any atom is 0.227 e. The lowest BCUT2D eigenvalue weighted by Gasteiger charge is -2.15. The van der Waals surface area contributed by atoms with Crippen LogP contribution in [-0.2, 0) is 4.79 Å². The Hall–Kier alpha value is -4.24. The van der Waals surface area contributed by atoms with E-state index in [4.69, 9.17) is 14.5 Å². The van der Waals surface area contributed by atoms with Gasteiger partial charge in [0.1, 0.15) is 22.9 Å². The minimum atomic E-state index is -0.0643. The van der Waals surface area contributed by atoms with Crippen molar-refractivity contribution in [2.24, 2.45) is 0 Å². The quantitative estimate of drug-likeness (QED) is 0.214. The van der Waals surface area contributed by atoms with Crippen LogP contribution < -0.4 is 14.4 Å². The second-order valence-electron chi connectivity index (χ2n) is 8.60. The maximum absolute atomic E-state index is 12.9. The molecule has 192 valence electrons. The third kappa shape index (κ3) is 5.24. The fourth-order valence-electron chi connectivity index (χ4n) is 4.38. The Labute approximate surface area is 225 Å². The van der Waals surface area contributed by atoms with Crippen molar-refractivity contribution in [2.75, 3.05) is 31.4 Å². The van der Waals surface area contributed by atoms with E-state index in [9.17, 15) is 9.59 Å². The molecule has 9 heteroatoms. The molecule has 1 aliphatic heterocycles. The molecule has 8 nitrogen and oxygen atoms in total. The largest absolute Gasteiger partial charge is 0.496 e. The van der Waals surface area contributed by atoms with Crippen LogP contribution in [0.25, 0.3) is 22.5 Å². The summed E-state index contributed by atoms with van der Waals surface area (Å²) in [5.41, 5.74) is 4.02. The number of carbonyl (C=O) groups is 2. The van der Waals surface area contributed by atoms with Gasteiger partial charge < -0.3 is 14.4 Å². The predicted octanol–water partition coefficient (Wildman–Crippen LogP) is 5.32. The number of amides is 1. The second-order valence-corrected chi connectivity index (χ2v) is 9.54. The summed E-state index contributed by atoms with van der Waals surface area (Å²) in [6, 6.07) is 22.3. The number of ether oxygens (including phenoxy) is 2. The van der Waals surface area contributed by atoms with Crippen molar-refractivity contribution in [1.29, 1.82) is 0 Å². The number of benzene rings is 3. The number of Topliss-reactive ketones (excluding diaryl/α,β-unsaturated/α-hetero) is 1. The Balaban J connectivity index is 1.41. The van der Waals surface area contributed by atoms with E-state index in [-0.39, 0.29) is 17.4 Å². The van der Waals surface area contributed by atoms with Crippen molar-refractivity contribution in [3.8, 4) is 34.0 Å². The van der Waals surface area contributed by atoms with Crippen LogP contribution >= 0.6 is 11.8 Å². The average Bonchev–Trinajstić information content (AvgIpc) is 3.41. The number of rotatable bonds is 9. The Morgan fingerprint density at radius 3 is 2.11 bits per heavy atom. The molecule has 38 heavy (non-hydrogen) atoms. The minimum Gasteiger partial charge on any atom is -0.496 e. The van der Waals surface area contributed by atoms with Gasteiger partial charge in [-0.3, -0.25) is 9.59 Å². The van der Waals surface area contributed by atoms with Crippen molar-refractivity contribution >= 4 is 29.1 Å². The SMILES string of the molecule is COc1ccccc1-c1nnc(SCC(=O)c2ccc(N3CCCC3=O)cc2)nc1-c1ccccc1OC. The number of nitrogens with zero attached hydrogens (tertiary/aromatic N) is 4. The molecule has 4 aromatic rings. The summed E-state index contributed by atoms with van der Waals surface area (Å²) < 4.78 is 11.1. The predicted molar refractivity (Wildman–Crippen MR) is 147 cm³/mol. The van der Waals surface area contributed by atoms with Gasteiger partial charge >= 0.3 is 0 Å². The number of carbonyl (C=O) groups excluding carboxylic acids is 2. The van der Waals surface area contributed by atoms with Crippen LogP contribution in [0.4, 0.5) is 5.69 Å². The summed E-state index contributed by atoms with van der Waals surface area (Å²) in [4.78, 5) is 31.5. The first-order valence-corrected chi connectivity index (χ1v) is 13.2. The van der Waals surface area contributed by atoms with E-state index in [2.05, 4.69) is 10.2 Å². The van der Waals surface area contributed by atoms with Gasteiger partial charge in [0, 0.05) is 35.3 Å². The molecule has 1 saturated heterocycles. The summed E-state index contributed by atoms with van der Waals surface area (Å²) in [5.74, 6) is 1.49. The lowest BCUT2D eigenvalue weighted by molar-refractivity contribution is -0.117. The summed E-state index contributed by atoms with van der Waals surface area (Å²) in [7, 11) is 3.21. The lowest BCUT2D eigenvalue weighted by Crippen LogP contribution is -2.23. The van der Waals surface area contributed by atoms with Gasteiger partial charge in [-0.1, -0.05) is 36.0 Å². The topological polar surface area (TPSA) is 94.5 Å². The first-order valence-electron chi connectivity index (χ1n) is 12.2. The monoisotopic (exact) mass is 526 g/mol. The molecule has 0 aliphatic carbocycles. The van der Waals surface area contributed by atoms with Crippen molar-refractivity contribution in [3.63, 3.8) is 0 Å². The molecule has 1 aromatic heterocycles. The van der Waals surface area contributed by atoms with Gasteiger partial charge in [0.2, 0.25) is 11.1 Å². The van der Waals surface area contributed by atoms with Crippen LogP contribution in [0.2, 0.25) is 0 Å². The molecule has 0 N–H and O–H groups in total. The molecule has 0 bridgehead atoms. The molecule has 1 aliphatic rings. The Kier molecular flexibility index (Phi) is 7.65. The zero-order chi connectivity index (χ0) is 26.5. The van der Waals surface area contributed by atoms with Crippen molar-refractivity contribution in [3.05, 3.63) is 78.4 Å². The number of hydrogen-bond donors (Lipinski definition) is 0. The van der Waals surface area contributed by atoms with Crippen molar-refractivity contribution in [2.45, 2.75) is 18.0 Å². The zero-order valence-corrected chi connectivity index (χ0v) is 21.9. The van der Waals surface area contributed by atoms with Crippen LogP contribution in [0.1, 0.15) is 23.2 Å². The zero-order valence-electron chi connectivity index (χ0n) is 21.1. The van der Waals surface area contributed by atoms with E-state index in [1.807, 2.05) is 60.7 Å². The van der Waals surface area contributed by atoms with Gasteiger partial charge in [-0.2, -0.15) is 0 Å². The van der Waals surface area contributed by atoms with Gasteiger partial charge in [0.25, 0.3) is 0 Å². The van der Waals surface area contributed by atoms with Gasteiger partial charge in [0.15, 0.2) is 5.78 Å². The number of ketones is 1. The van der Waals surface area contributed by atoms with Gasteiger partial charge in [-0.25, -0.2) is 4.98 Å². The highest BCUT2D eigenvalue weighted by Crippen LogP contribution is 2.38. The van der Waals surface area contributed by atoms with Crippen LogP contribution in [0.15, 0.2) is 78.0 Å². The molecule has 0 saturated carbocycles. The van der Waals surface area contributed by atoms with Crippen LogP contribution in [0, 0.1) is 0 Å². The number of aromatic nitrogens is 3. The normalized spacial score (nSPS) is 13.0.